The van der Waals surface area contributed by atoms with Gasteiger partial charge >= 0.3 is 6.03 Å². The first kappa shape index (κ1) is 15.3. The number of benzene rings is 1. The molecule has 22 heavy (non-hydrogen) atoms. The predicted octanol–water partition coefficient (Wildman–Crippen LogP) is 2.55. The quantitative estimate of drug-likeness (QED) is 0.848. The molecule has 4 nitrogen and oxygen atoms in total. The van der Waals surface area contributed by atoms with Gasteiger partial charge in [-0.25, -0.2) is 4.79 Å². The minimum absolute atomic E-state index is 0.00225. The third kappa shape index (κ3) is 4.73. The van der Waals surface area contributed by atoms with Gasteiger partial charge in [0.2, 0.25) is 0 Å². The first-order valence-electron chi connectivity index (χ1n) is 8.63. The van der Waals surface area contributed by atoms with E-state index in [2.05, 4.69) is 45.9 Å². The van der Waals surface area contributed by atoms with Crippen LogP contribution in [0, 0.1) is 0 Å². The molecule has 1 unspecified atom stereocenters. The van der Waals surface area contributed by atoms with E-state index in [0.717, 1.165) is 38.9 Å². The van der Waals surface area contributed by atoms with Gasteiger partial charge in [-0.05, 0) is 50.8 Å². The second kappa shape index (κ2) is 7.63. The molecular weight excluding hydrogens is 274 g/mol. The number of nitrogens with one attached hydrogen (secondary N) is 2. The number of nitrogens with zero attached hydrogens (tertiary/aromatic N) is 1. The van der Waals surface area contributed by atoms with Crippen LogP contribution in [0.3, 0.4) is 0 Å². The van der Waals surface area contributed by atoms with Gasteiger partial charge in [0, 0.05) is 18.6 Å². The topological polar surface area (TPSA) is 44.4 Å². The summed E-state index contributed by atoms with van der Waals surface area (Å²) in [5, 5.41) is 6.09. The fourth-order valence-electron chi connectivity index (χ4n) is 3.17. The fraction of sp³-hybridized carbons (Fsp3) is 0.611. The number of urea groups is 1. The standard InChI is InChI=1S/C18H27N3O/c22-18(20-16-9-10-16)19-14-17(21-11-5-2-6-12-21)13-15-7-3-1-4-8-15/h1,3-4,7-8,16-17H,2,5-6,9-14H2,(H2,19,20,22). The summed E-state index contributed by atoms with van der Waals surface area (Å²) in [7, 11) is 0. The highest BCUT2D eigenvalue weighted by molar-refractivity contribution is 5.74. The number of rotatable bonds is 6. The highest BCUT2D eigenvalue weighted by Crippen LogP contribution is 2.18. The summed E-state index contributed by atoms with van der Waals surface area (Å²) in [6.07, 6.45) is 7.16. The van der Waals surface area contributed by atoms with E-state index < -0.39 is 0 Å². The molecule has 1 saturated heterocycles. The molecule has 1 atom stereocenters. The maximum atomic E-state index is 11.9. The van der Waals surface area contributed by atoms with Crippen LogP contribution in [0.15, 0.2) is 30.3 Å². The predicted molar refractivity (Wildman–Crippen MR) is 88.9 cm³/mol. The van der Waals surface area contributed by atoms with E-state index in [1.807, 2.05) is 0 Å². The van der Waals surface area contributed by atoms with E-state index in [0.29, 0.717) is 12.1 Å². The van der Waals surface area contributed by atoms with Crippen LogP contribution in [-0.2, 0) is 6.42 Å². The van der Waals surface area contributed by atoms with E-state index >= 15 is 0 Å². The van der Waals surface area contributed by atoms with Crippen LogP contribution in [0.5, 0.6) is 0 Å². The molecule has 120 valence electrons. The zero-order chi connectivity index (χ0) is 15.2. The van der Waals surface area contributed by atoms with E-state index in [4.69, 9.17) is 0 Å². The smallest absolute Gasteiger partial charge is 0.315 e. The van der Waals surface area contributed by atoms with Crippen LogP contribution < -0.4 is 10.6 Å². The van der Waals surface area contributed by atoms with Crippen molar-refractivity contribution in [1.29, 1.82) is 0 Å². The number of piperidine rings is 1. The molecular formula is C18H27N3O. The summed E-state index contributed by atoms with van der Waals surface area (Å²) in [6.45, 7) is 3.04. The Balaban J connectivity index is 1.56. The average molecular weight is 301 g/mol. The second-order valence-corrected chi connectivity index (χ2v) is 6.57. The Kier molecular flexibility index (Phi) is 5.33. The van der Waals surface area contributed by atoms with Crippen LogP contribution in [-0.4, -0.2) is 42.6 Å². The first-order chi connectivity index (χ1) is 10.8. The highest BCUT2D eigenvalue weighted by atomic mass is 16.2. The molecule has 2 aliphatic rings. The molecule has 1 saturated carbocycles. The Morgan fingerprint density at radius 1 is 1.14 bits per heavy atom. The third-order valence-corrected chi connectivity index (χ3v) is 4.63. The van der Waals surface area contributed by atoms with Gasteiger partial charge in [0.15, 0.2) is 0 Å². The number of carbonyl (C=O) groups is 1. The monoisotopic (exact) mass is 301 g/mol. The van der Waals surface area contributed by atoms with Crippen LogP contribution in [0.2, 0.25) is 0 Å². The van der Waals surface area contributed by atoms with E-state index in [-0.39, 0.29) is 6.03 Å². The van der Waals surface area contributed by atoms with E-state index in [1.54, 1.807) is 0 Å². The number of amides is 2. The summed E-state index contributed by atoms with van der Waals surface area (Å²) in [5.41, 5.74) is 1.35. The molecule has 0 aromatic heterocycles. The molecule has 1 heterocycles. The van der Waals surface area contributed by atoms with E-state index in [9.17, 15) is 4.79 Å². The van der Waals surface area contributed by atoms with Crippen molar-refractivity contribution in [3.63, 3.8) is 0 Å². The van der Waals surface area contributed by atoms with Gasteiger partial charge in [0.1, 0.15) is 0 Å². The molecule has 0 spiro atoms. The summed E-state index contributed by atoms with van der Waals surface area (Å²) < 4.78 is 0. The number of hydrogen-bond donors (Lipinski definition) is 2. The van der Waals surface area contributed by atoms with Crippen molar-refractivity contribution >= 4 is 6.03 Å². The van der Waals surface area contributed by atoms with Crippen molar-refractivity contribution in [2.24, 2.45) is 0 Å². The molecule has 1 aliphatic carbocycles. The maximum Gasteiger partial charge on any atom is 0.315 e. The maximum absolute atomic E-state index is 11.9. The van der Waals surface area contributed by atoms with Crippen molar-refractivity contribution in [3.05, 3.63) is 35.9 Å². The van der Waals surface area contributed by atoms with Gasteiger partial charge < -0.3 is 10.6 Å². The Hall–Kier alpha value is -1.55. The number of hydrogen-bond acceptors (Lipinski definition) is 2. The third-order valence-electron chi connectivity index (χ3n) is 4.63. The van der Waals surface area contributed by atoms with Crippen LogP contribution in [0.4, 0.5) is 4.79 Å². The summed E-state index contributed by atoms with van der Waals surface area (Å²) in [6, 6.07) is 11.4. The number of likely N-dealkylation sites (tertiary alicyclic amines) is 1. The Labute approximate surface area is 133 Å². The van der Waals surface area contributed by atoms with Gasteiger partial charge in [-0.2, -0.15) is 0 Å². The lowest BCUT2D eigenvalue weighted by Gasteiger charge is -2.35. The molecule has 4 heteroatoms. The van der Waals surface area contributed by atoms with E-state index in [1.165, 1.54) is 24.8 Å². The van der Waals surface area contributed by atoms with Crippen molar-refractivity contribution in [2.75, 3.05) is 19.6 Å². The molecule has 2 amide bonds. The van der Waals surface area contributed by atoms with Crippen LogP contribution in [0.25, 0.3) is 0 Å². The molecule has 1 aliphatic heterocycles. The van der Waals surface area contributed by atoms with Gasteiger partial charge in [-0.15, -0.1) is 0 Å². The van der Waals surface area contributed by atoms with Crippen molar-refractivity contribution in [1.82, 2.24) is 15.5 Å². The minimum atomic E-state index is -0.00225. The lowest BCUT2D eigenvalue weighted by Crippen LogP contribution is -2.49. The van der Waals surface area contributed by atoms with Crippen molar-refractivity contribution in [2.45, 2.75) is 50.6 Å². The van der Waals surface area contributed by atoms with Gasteiger partial charge in [-0.3, -0.25) is 4.90 Å². The molecule has 1 aromatic carbocycles. The van der Waals surface area contributed by atoms with Crippen molar-refractivity contribution in [3.8, 4) is 0 Å². The Morgan fingerprint density at radius 3 is 2.55 bits per heavy atom. The summed E-state index contributed by atoms with van der Waals surface area (Å²) in [4.78, 5) is 14.4. The fourth-order valence-corrected chi connectivity index (χ4v) is 3.17. The molecule has 0 bridgehead atoms. The van der Waals surface area contributed by atoms with Gasteiger partial charge in [0.05, 0.1) is 0 Å². The summed E-state index contributed by atoms with van der Waals surface area (Å²) >= 11 is 0. The first-order valence-corrected chi connectivity index (χ1v) is 8.63. The van der Waals surface area contributed by atoms with Crippen LogP contribution >= 0.6 is 0 Å². The normalized spacial score (nSPS) is 20.4. The van der Waals surface area contributed by atoms with Gasteiger partial charge in [0.25, 0.3) is 0 Å². The zero-order valence-corrected chi connectivity index (χ0v) is 13.3. The SMILES string of the molecule is O=C(NCC(Cc1ccccc1)N1CCCCC1)NC1CC1. The minimum Gasteiger partial charge on any atom is -0.337 e. The lowest BCUT2D eigenvalue weighted by atomic mass is 10.0. The van der Waals surface area contributed by atoms with Crippen LogP contribution in [0.1, 0.15) is 37.7 Å². The molecule has 1 aromatic rings. The summed E-state index contributed by atoms with van der Waals surface area (Å²) in [5.74, 6) is 0. The molecule has 2 fully saturated rings. The molecule has 3 rings (SSSR count). The van der Waals surface area contributed by atoms with Crippen molar-refractivity contribution < 1.29 is 4.79 Å². The average Bonchev–Trinajstić information content (AvgIpc) is 3.37. The zero-order valence-electron chi connectivity index (χ0n) is 13.3. The highest BCUT2D eigenvalue weighted by Gasteiger charge is 2.25. The molecule has 0 radical (unpaired) electrons. The Morgan fingerprint density at radius 2 is 1.86 bits per heavy atom. The molecule has 2 N–H and O–H groups in total. The Bertz CT molecular complexity index is 466. The lowest BCUT2D eigenvalue weighted by molar-refractivity contribution is 0.158. The largest absolute Gasteiger partial charge is 0.337 e. The van der Waals surface area contributed by atoms with Gasteiger partial charge in [-0.1, -0.05) is 36.8 Å². The number of carbonyl (C=O) groups excluding carboxylic acids is 1. The second-order valence-electron chi connectivity index (χ2n) is 6.57.